The summed E-state index contributed by atoms with van der Waals surface area (Å²) in [5.74, 6) is 0. The van der Waals surface area contributed by atoms with E-state index in [-0.39, 0.29) is 5.69 Å². The lowest BCUT2D eigenvalue weighted by molar-refractivity contribution is -0.385. The van der Waals surface area contributed by atoms with Gasteiger partial charge in [0.25, 0.3) is 5.69 Å². The minimum absolute atomic E-state index is 0.0613. The topological polar surface area (TPSA) is 86.2 Å². The molecule has 20 heavy (non-hydrogen) atoms. The molecule has 102 valence electrons. The van der Waals surface area contributed by atoms with Crippen LogP contribution in [0.15, 0.2) is 46.9 Å². The van der Waals surface area contributed by atoms with Crippen molar-refractivity contribution in [2.75, 3.05) is 6.26 Å². The van der Waals surface area contributed by atoms with Crippen LogP contribution in [0.4, 0.5) is 5.69 Å². The molecule has 0 fully saturated rings. The normalized spacial score (nSPS) is 11.4. The lowest BCUT2D eigenvalue weighted by Gasteiger charge is -1.95. The highest BCUT2D eigenvalue weighted by atomic mass is 32.2. The van der Waals surface area contributed by atoms with E-state index in [0.29, 0.717) is 10.7 Å². The Kier molecular flexibility index (Phi) is 4.61. The largest absolute Gasteiger partial charge is 0.276 e. The van der Waals surface area contributed by atoms with Gasteiger partial charge in [-0.25, -0.2) is 0 Å². The number of nitro benzene ring substituents is 1. The maximum absolute atomic E-state index is 10.8. The van der Waals surface area contributed by atoms with Gasteiger partial charge in [-0.05, 0) is 24.5 Å². The van der Waals surface area contributed by atoms with Crippen LogP contribution in [0.1, 0.15) is 5.56 Å². The highest BCUT2D eigenvalue weighted by Crippen LogP contribution is 2.18. The van der Waals surface area contributed by atoms with Gasteiger partial charge in [-0.1, -0.05) is 23.9 Å². The number of nitrogens with zero attached hydrogens (tertiary/aromatic N) is 5. The second-order valence-corrected chi connectivity index (χ2v) is 4.38. The minimum Gasteiger partial charge on any atom is -0.258 e. The summed E-state index contributed by atoms with van der Waals surface area (Å²) in [5, 5.41) is 23.2. The van der Waals surface area contributed by atoms with Crippen LogP contribution in [0, 0.1) is 10.1 Å². The molecule has 1 heterocycles. The van der Waals surface area contributed by atoms with E-state index in [2.05, 4.69) is 15.3 Å². The van der Waals surface area contributed by atoms with Crippen LogP contribution >= 0.6 is 11.8 Å². The Hall–Kier alpha value is -2.48. The van der Waals surface area contributed by atoms with Crippen molar-refractivity contribution in [2.45, 2.75) is 5.16 Å². The molecule has 0 N–H and O–H groups in total. The van der Waals surface area contributed by atoms with Gasteiger partial charge < -0.3 is 0 Å². The van der Waals surface area contributed by atoms with Crippen molar-refractivity contribution >= 4 is 29.7 Å². The van der Waals surface area contributed by atoms with Crippen molar-refractivity contribution in [3.8, 4) is 0 Å². The van der Waals surface area contributed by atoms with E-state index < -0.39 is 4.92 Å². The Labute approximate surface area is 119 Å². The number of hydrogen-bond acceptors (Lipinski definition) is 6. The SMILES string of the molecule is CSc1nncn1/N=C\C=C\c1ccccc1[N+](=O)[O-]. The maximum atomic E-state index is 10.8. The monoisotopic (exact) mass is 289 g/mol. The molecule has 0 saturated heterocycles. The Morgan fingerprint density at radius 3 is 3.00 bits per heavy atom. The molecule has 0 aliphatic carbocycles. The van der Waals surface area contributed by atoms with Crippen molar-refractivity contribution in [1.29, 1.82) is 0 Å². The fourth-order valence-electron chi connectivity index (χ4n) is 1.48. The second kappa shape index (κ2) is 6.62. The Bertz CT molecular complexity index is 665. The molecule has 0 bridgehead atoms. The molecule has 0 spiro atoms. The van der Waals surface area contributed by atoms with Crippen molar-refractivity contribution in [1.82, 2.24) is 14.9 Å². The average molecular weight is 289 g/mol. The zero-order chi connectivity index (χ0) is 14.4. The van der Waals surface area contributed by atoms with E-state index >= 15 is 0 Å². The third-order valence-corrected chi connectivity index (χ3v) is 3.00. The molecule has 1 aromatic heterocycles. The van der Waals surface area contributed by atoms with Gasteiger partial charge >= 0.3 is 0 Å². The molecular formula is C12H11N5O2S. The van der Waals surface area contributed by atoms with Crippen molar-refractivity contribution in [3.63, 3.8) is 0 Å². The molecule has 0 aliphatic rings. The first-order valence-electron chi connectivity index (χ1n) is 5.61. The van der Waals surface area contributed by atoms with Gasteiger partial charge in [0.1, 0.15) is 6.33 Å². The first-order valence-corrected chi connectivity index (χ1v) is 6.83. The summed E-state index contributed by atoms with van der Waals surface area (Å²) in [6.45, 7) is 0. The zero-order valence-electron chi connectivity index (χ0n) is 10.6. The predicted molar refractivity (Wildman–Crippen MR) is 77.8 cm³/mol. The van der Waals surface area contributed by atoms with Gasteiger partial charge in [0.05, 0.1) is 10.5 Å². The molecule has 2 aromatic rings. The van der Waals surface area contributed by atoms with Crippen LogP contribution in [-0.2, 0) is 0 Å². The second-order valence-electron chi connectivity index (χ2n) is 3.60. The van der Waals surface area contributed by atoms with Crippen molar-refractivity contribution in [2.24, 2.45) is 5.10 Å². The first kappa shape index (κ1) is 13.9. The number of aromatic nitrogens is 3. The molecule has 0 atom stereocenters. The number of nitro groups is 1. The van der Waals surface area contributed by atoms with Gasteiger partial charge in [-0.15, -0.1) is 10.2 Å². The van der Waals surface area contributed by atoms with Gasteiger partial charge in [0.2, 0.25) is 5.16 Å². The van der Waals surface area contributed by atoms with Crippen LogP contribution in [0.25, 0.3) is 6.08 Å². The molecule has 0 aliphatic heterocycles. The lowest BCUT2D eigenvalue weighted by atomic mass is 10.2. The summed E-state index contributed by atoms with van der Waals surface area (Å²) in [6, 6.07) is 6.51. The van der Waals surface area contributed by atoms with E-state index in [1.54, 1.807) is 30.4 Å². The lowest BCUT2D eigenvalue weighted by Crippen LogP contribution is -1.91. The number of allylic oxidation sites excluding steroid dienone is 1. The fraction of sp³-hybridized carbons (Fsp3) is 0.0833. The summed E-state index contributed by atoms with van der Waals surface area (Å²) in [7, 11) is 0. The van der Waals surface area contributed by atoms with E-state index in [0.717, 1.165) is 0 Å². The van der Waals surface area contributed by atoms with E-state index in [4.69, 9.17) is 0 Å². The third-order valence-electron chi connectivity index (χ3n) is 2.37. The van der Waals surface area contributed by atoms with E-state index in [1.165, 1.54) is 35.0 Å². The third kappa shape index (κ3) is 3.29. The molecule has 8 heteroatoms. The molecule has 7 nitrogen and oxygen atoms in total. The highest BCUT2D eigenvalue weighted by Gasteiger charge is 2.08. The highest BCUT2D eigenvalue weighted by molar-refractivity contribution is 7.98. The van der Waals surface area contributed by atoms with Crippen LogP contribution in [-0.4, -0.2) is 32.3 Å². The molecule has 0 unspecified atom stereocenters. The van der Waals surface area contributed by atoms with Crippen LogP contribution in [0.3, 0.4) is 0 Å². The van der Waals surface area contributed by atoms with E-state index in [1.807, 2.05) is 6.26 Å². The van der Waals surface area contributed by atoms with Crippen molar-refractivity contribution in [3.05, 3.63) is 52.3 Å². The molecule has 1 aromatic carbocycles. The average Bonchev–Trinajstić information content (AvgIpc) is 2.91. The molecule has 0 saturated carbocycles. The number of para-hydroxylation sites is 1. The standard InChI is InChI=1S/C12H11N5O2S/c1-20-12-15-13-9-16(12)14-8-4-6-10-5-2-3-7-11(10)17(18)19/h2-9H,1H3/b6-4+,14-8-. The Morgan fingerprint density at radius 1 is 1.45 bits per heavy atom. The number of hydrogen-bond donors (Lipinski definition) is 0. The number of thioether (sulfide) groups is 1. The van der Waals surface area contributed by atoms with Crippen LogP contribution < -0.4 is 0 Å². The predicted octanol–water partition coefficient (Wildman–Crippen LogP) is 2.46. The van der Waals surface area contributed by atoms with Gasteiger partial charge in [-0.3, -0.25) is 10.1 Å². The van der Waals surface area contributed by atoms with Crippen molar-refractivity contribution < 1.29 is 4.92 Å². The minimum atomic E-state index is -0.414. The fourth-order valence-corrected chi connectivity index (χ4v) is 1.89. The maximum Gasteiger partial charge on any atom is 0.276 e. The van der Waals surface area contributed by atoms with Gasteiger partial charge in [0, 0.05) is 12.3 Å². The molecule has 0 radical (unpaired) electrons. The Morgan fingerprint density at radius 2 is 2.25 bits per heavy atom. The van der Waals surface area contributed by atoms with Gasteiger partial charge in [-0.2, -0.15) is 9.78 Å². The van der Waals surface area contributed by atoms with Crippen LogP contribution in [0.2, 0.25) is 0 Å². The quantitative estimate of drug-likeness (QED) is 0.365. The summed E-state index contributed by atoms with van der Waals surface area (Å²) < 4.78 is 1.52. The van der Waals surface area contributed by atoms with E-state index in [9.17, 15) is 10.1 Å². The Balaban J connectivity index is 2.13. The number of rotatable bonds is 5. The summed E-state index contributed by atoms with van der Waals surface area (Å²) in [6.07, 6.45) is 8.15. The molecule has 0 amide bonds. The molecule has 2 rings (SSSR count). The summed E-state index contributed by atoms with van der Waals surface area (Å²) in [4.78, 5) is 10.4. The van der Waals surface area contributed by atoms with Crippen LogP contribution in [0.5, 0.6) is 0 Å². The zero-order valence-corrected chi connectivity index (χ0v) is 11.4. The summed E-state index contributed by atoms with van der Waals surface area (Å²) in [5.41, 5.74) is 0.587. The smallest absolute Gasteiger partial charge is 0.258 e. The number of benzene rings is 1. The summed E-state index contributed by atoms with van der Waals surface area (Å²) >= 11 is 1.43. The van der Waals surface area contributed by atoms with Gasteiger partial charge in [0.15, 0.2) is 0 Å². The first-order chi connectivity index (χ1) is 9.72. The molecular weight excluding hydrogens is 278 g/mol.